The Bertz CT molecular complexity index is 239. The zero-order valence-electron chi connectivity index (χ0n) is 12.9. The molecule has 0 aromatic rings. The highest BCUT2D eigenvalue weighted by molar-refractivity contribution is 5.03. The van der Waals surface area contributed by atoms with Crippen LogP contribution in [-0.2, 0) is 0 Å². The van der Waals surface area contributed by atoms with Gasteiger partial charge in [0.1, 0.15) is 0 Å². The molecule has 1 rings (SSSR count). The summed E-state index contributed by atoms with van der Waals surface area (Å²) < 4.78 is 0. The van der Waals surface area contributed by atoms with E-state index in [0.29, 0.717) is 18.0 Å². The number of nitrogens with zero attached hydrogens (tertiary/aromatic N) is 1. The summed E-state index contributed by atoms with van der Waals surface area (Å²) in [5, 5.41) is 13.6. The van der Waals surface area contributed by atoms with Crippen molar-refractivity contribution in [2.45, 2.75) is 71.5 Å². The summed E-state index contributed by atoms with van der Waals surface area (Å²) in [6.45, 7) is 13.4. The molecule has 1 atom stereocenters. The van der Waals surface area contributed by atoms with Crippen LogP contribution in [0.15, 0.2) is 0 Å². The van der Waals surface area contributed by atoms with Crippen molar-refractivity contribution in [2.75, 3.05) is 19.7 Å². The van der Waals surface area contributed by atoms with E-state index in [9.17, 15) is 5.11 Å². The minimum Gasteiger partial charge on any atom is -0.394 e. The van der Waals surface area contributed by atoms with Crippen molar-refractivity contribution >= 4 is 0 Å². The molecule has 0 amide bonds. The number of aliphatic hydroxyl groups is 1. The van der Waals surface area contributed by atoms with Crippen LogP contribution < -0.4 is 5.32 Å². The van der Waals surface area contributed by atoms with Crippen molar-refractivity contribution in [3.05, 3.63) is 0 Å². The Hall–Kier alpha value is -0.120. The van der Waals surface area contributed by atoms with Gasteiger partial charge in [-0.3, -0.25) is 4.90 Å². The summed E-state index contributed by atoms with van der Waals surface area (Å²) in [5.41, 5.74) is -0.0897. The molecule has 0 aromatic carbocycles. The van der Waals surface area contributed by atoms with Crippen LogP contribution in [0.4, 0.5) is 0 Å². The molecule has 0 saturated heterocycles. The van der Waals surface area contributed by atoms with Gasteiger partial charge in [0.05, 0.1) is 12.1 Å². The lowest BCUT2D eigenvalue weighted by molar-refractivity contribution is 0.0705. The Morgan fingerprint density at radius 3 is 2.22 bits per heavy atom. The Labute approximate surface area is 113 Å². The van der Waals surface area contributed by atoms with Gasteiger partial charge in [-0.2, -0.15) is 0 Å². The van der Waals surface area contributed by atoms with Crippen LogP contribution in [0.1, 0.15) is 53.9 Å². The summed E-state index contributed by atoms with van der Waals surface area (Å²) in [6.07, 6.45) is 3.70. The van der Waals surface area contributed by atoms with Crippen LogP contribution in [-0.4, -0.2) is 47.3 Å². The third-order valence-corrected chi connectivity index (χ3v) is 3.94. The highest BCUT2D eigenvalue weighted by Crippen LogP contribution is 2.40. The minimum atomic E-state index is -0.0897. The molecule has 2 N–H and O–H groups in total. The zero-order chi connectivity index (χ0) is 13.8. The van der Waals surface area contributed by atoms with Crippen LogP contribution >= 0.6 is 0 Å². The fourth-order valence-corrected chi connectivity index (χ4v) is 2.90. The minimum absolute atomic E-state index is 0.0897. The quantitative estimate of drug-likeness (QED) is 0.664. The number of hydrogen-bond acceptors (Lipinski definition) is 3. The largest absolute Gasteiger partial charge is 0.394 e. The monoisotopic (exact) mass is 256 g/mol. The fourth-order valence-electron chi connectivity index (χ4n) is 2.90. The molecule has 3 nitrogen and oxygen atoms in total. The van der Waals surface area contributed by atoms with Gasteiger partial charge in [0.2, 0.25) is 0 Å². The Morgan fingerprint density at radius 2 is 1.89 bits per heavy atom. The molecule has 1 saturated carbocycles. The van der Waals surface area contributed by atoms with E-state index in [1.165, 1.54) is 19.3 Å². The summed E-state index contributed by atoms with van der Waals surface area (Å²) in [4.78, 5) is 2.50. The van der Waals surface area contributed by atoms with E-state index in [4.69, 9.17) is 0 Å². The average molecular weight is 256 g/mol. The van der Waals surface area contributed by atoms with E-state index in [2.05, 4.69) is 44.8 Å². The second-order valence-corrected chi connectivity index (χ2v) is 6.45. The van der Waals surface area contributed by atoms with E-state index in [-0.39, 0.29) is 12.1 Å². The lowest BCUT2D eigenvalue weighted by atomic mass is 9.91. The number of nitrogens with one attached hydrogen (secondary N) is 1. The summed E-state index contributed by atoms with van der Waals surface area (Å²) >= 11 is 0. The summed E-state index contributed by atoms with van der Waals surface area (Å²) in [6, 6.07) is 0.969. The van der Waals surface area contributed by atoms with Gasteiger partial charge < -0.3 is 10.4 Å². The Kier molecular flexibility index (Phi) is 6.09. The third kappa shape index (κ3) is 4.22. The van der Waals surface area contributed by atoms with E-state index >= 15 is 0 Å². The first kappa shape index (κ1) is 15.9. The van der Waals surface area contributed by atoms with Crippen LogP contribution in [0, 0.1) is 5.92 Å². The van der Waals surface area contributed by atoms with Crippen LogP contribution in [0.3, 0.4) is 0 Å². The molecule has 3 heteroatoms. The van der Waals surface area contributed by atoms with Gasteiger partial charge >= 0.3 is 0 Å². The molecule has 1 aliphatic carbocycles. The number of rotatable bonds is 9. The first-order valence-corrected chi connectivity index (χ1v) is 7.57. The molecule has 1 unspecified atom stereocenters. The van der Waals surface area contributed by atoms with Gasteiger partial charge in [-0.25, -0.2) is 0 Å². The molecule has 0 heterocycles. The van der Waals surface area contributed by atoms with E-state index < -0.39 is 0 Å². The first-order valence-electron chi connectivity index (χ1n) is 7.57. The fraction of sp³-hybridized carbons (Fsp3) is 1.00. The number of hydrogen-bond donors (Lipinski definition) is 2. The van der Waals surface area contributed by atoms with Crippen molar-refractivity contribution in [3.63, 3.8) is 0 Å². The molecular formula is C15H32N2O. The highest BCUT2D eigenvalue weighted by atomic mass is 16.3. The first-order chi connectivity index (χ1) is 8.45. The SMILES string of the molecule is CCCN(CC(CO)(NC(C)C)C1CC1)C(C)C. The van der Waals surface area contributed by atoms with Gasteiger partial charge in [-0.05, 0) is 45.6 Å². The maximum absolute atomic E-state index is 9.95. The number of aliphatic hydroxyl groups excluding tert-OH is 1. The van der Waals surface area contributed by atoms with Crippen LogP contribution in [0.5, 0.6) is 0 Å². The highest BCUT2D eigenvalue weighted by Gasteiger charge is 2.46. The molecule has 0 radical (unpaired) electrons. The molecule has 0 bridgehead atoms. The predicted molar refractivity (Wildman–Crippen MR) is 77.8 cm³/mol. The topological polar surface area (TPSA) is 35.5 Å². The standard InChI is InChI=1S/C15H32N2O/c1-6-9-17(13(4)5)10-15(11-18,14-7-8-14)16-12(2)3/h12-14,16,18H,6-11H2,1-5H3. The Morgan fingerprint density at radius 1 is 1.28 bits per heavy atom. The molecule has 0 aliphatic heterocycles. The molecule has 0 aromatic heterocycles. The van der Waals surface area contributed by atoms with Crippen molar-refractivity contribution in [2.24, 2.45) is 5.92 Å². The normalized spacial score (nSPS) is 19.8. The smallest absolute Gasteiger partial charge is 0.0628 e. The second-order valence-electron chi connectivity index (χ2n) is 6.45. The van der Waals surface area contributed by atoms with Gasteiger partial charge in [0.15, 0.2) is 0 Å². The third-order valence-electron chi connectivity index (χ3n) is 3.94. The molecule has 1 aliphatic rings. The predicted octanol–water partition coefficient (Wildman–Crippen LogP) is 2.25. The zero-order valence-corrected chi connectivity index (χ0v) is 12.9. The van der Waals surface area contributed by atoms with Crippen LogP contribution in [0.2, 0.25) is 0 Å². The van der Waals surface area contributed by atoms with Gasteiger partial charge in [0.25, 0.3) is 0 Å². The second kappa shape index (κ2) is 6.88. The van der Waals surface area contributed by atoms with Crippen LogP contribution in [0.25, 0.3) is 0 Å². The van der Waals surface area contributed by atoms with Crippen molar-refractivity contribution < 1.29 is 5.11 Å². The van der Waals surface area contributed by atoms with Crippen molar-refractivity contribution in [3.8, 4) is 0 Å². The lowest BCUT2D eigenvalue weighted by Crippen LogP contribution is -2.60. The molecule has 108 valence electrons. The van der Waals surface area contributed by atoms with Crippen molar-refractivity contribution in [1.82, 2.24) is 10.2 Å². The van der Waals surface area contributed by atoms with Gasteiger partial charge in [0, 0.05) is 18.6 Å². The van der Waals surface area contributed by atoms with Gasteiger partial charge in [-0.1, -0.05) is 20.8 Å². The van der Waals surface area contributed by atoms with E-state index in [0.717, 1.165) is 13.1 Å². The maximum Gasteiger partial charge on any atom is 0.0628 e. The maximum atomic E-state index is 9.95. The summed E-state index contributed by atoms with van der Waals surface area (Å²) in [7, 11) is 0. The molecule has 1 fully saturated rings. The van der Waals surface area contributed by atoms with E-state index in [1.807, 2.05) is 0 Å². The molecule has 18 heavy (non-hydrogen) atoms. The Balaban J connectivity index is 2.75. The van der Waals surface area contributed by atoms with Gasteiger partial charge in [-0.15, -0.1) is 0 Å². The summed E-state index contributed by atoms with van der Waals surface area (Å²) in [5.74, 6) is 0.656. The molecular weight excluding hydrogens is 224 g/mol. The lowest BCUT2D eigenvalue weighted by Gasteiger charge is -2.41. The van der Waals surface area contributed by atoms with E-state index in [1.54, 1.807) is 0 Å². The average Bonchev–Trinajstić information content (AvgIpc) is 3.10. The molecule has 0 spiro atoms. The van der Waals surface area contributed by atoms with Crippen molar-refractivity contribution in [1.29, 1.82) is 0 Å².